The second-order valence-corrected chi connectivity index (χ2v) is 6.24. The maximum Gasteiger partial charge on any atom is 0.414 e. The van der Waals surface area contributed by atoms with Crippen molar-refractivity contribution in [1.82, 2.24) is 5.32 Å². The highest BCUT2D eigenvalue weighted by Crippen LogP contribution is 2.28. The van der Waals surface area contributed by atoms with E-state index in [1.54, 1.807) is 18.9 Å². The lowest BCUT2D eigenvalue weighted by molar-refractivity contribution is -0.128. The molecule has 0 aromatic heterocycles. The summed E-state index contributed by atoms with van der Waals surface area (Å²) in [4.78, 5) is 22.7. The minimum absolute atomic E-state index is 0.174. The Kier molecular flexibility index (Phi) is 8.37. The summed E-state index contributed by atoms with van der Waals surface area (Å²) in [5.41, 5.74) is 2.26. The van der Waals surface area contributed by atoms with Crippen LogP contribution in [0.15, 0.2) is 24.3 Å². The van der Waals surface area contributed by atoms with Gasteiger partial charge in [0.15, 0.2) is 0 Å². The molecule has 2 aliphatic rings. The van der Waals surface area contributed by atoms with E-state index in [1.807, 2.05) is 12.1 Å². The van der Waals surface area contributed by atoms with Crippen molar-refractivity contribution in [3.8, 4) is 0 Å². The molecule has 1 unspecified atom stereocenters. The highest BCUT2D eigenvalue weighted by molar-refractivity contribution is 5.89. The fourth-order valence-corrected chi connectivity index (χ4v) is 3.15. The Morgan fingerprint density at radius 1 is 1.27 bits per heavy atom. The van der Waals surface area contributed by atoms with Crippen LogP contribution in [0.3, 0.4) is 0 Å². The van der Waals surface area contributed by atoms with Crippen LogP contribution in [0.2, 0.25) is 0 Å². The highest BCUT2D eigenvalue weighted by Gasteiger charge is 2.32. The molecule has 7 nitrogen and oxygen atoms in total. The van der Waals surface area contributed by atoms with Gasteiger partial charge in [0.25, 0.3) is 6.47 Å². The Bertz CT molecular complexity index is 558. The van der Waals surface area contributed by atoms with E-state index in [4.69, 9.17) is 9.47 Å². The van der Waals surface area contributed by atoms with Gasteiger partial charge in [0, 0.05) is 12.8 Å². The van der Waals surface area contributed by atoms with E-state index < -0.39 is 0 Å². The van der Waals surface area contributed by atoms with Crippen LogP contribution in [0.1, 0.15) is 31.2 Å². The van der Waals surface area contributed by atoms with Crippen LogP contribution in [0.5, 0.6) is 0 Å². The van der Waals surface area contributed by atoms with Crippen LogP contribution >= 0.6 is 0 Å². The zero-order valence-corrected chi connectivity index (χ0v) is 15.5. The van der Waals surface area contributed by atoms with Crippen LogP contribution in [0.25, 0.3) is 0 Å². The van der Waals surface area contributed by atoms with E-state index >= 15 is 0 Å². The average Bonchev–Trinajstić information content (AvgIpc) is 3.04. The number of rotatable bonds is 6. The van der Waals surface area contributed by atoms with E-state index in [-0.39, 0.29) is 12.2 Å². The molecule has 0 bridgehead atoms. The molecule has 2 saturated heterocycles. The number of ether oxygens (including phenoxy) is 3. The molecule has 0 saturated carbocycles. The third kappa shape index (κ3) is 5.71. The number of nitrogens with one attached hydrogen (secondary N) is 1. The summed E-state index contributed by atoms with van der Waals surface area (Å²) in [7, 11) is 1.62. The van der Waals surface area contributed by atoms with Crippen molar-refractivity contribution in [3.63, 3.8) is 0 Å². The smallest absolute Gasteiger partial charge is 0.414 e. The SMILES string of the molecule is CCOC=O.COCC1CN(c2ccc(C3CCNCC3)cc2)C(=O)O1. The molecule has 1 aromatic rings. The number of anilines is 1. The molecule has 0 aliphatic carbocycles. The molecule has 2 fully saturated rings. The Balaban J connectivity index is 0.000000431. The summed E-state index contributed by atoms with van der Waals surface area (Å²) >= 11 is 0. The number of amides is 1. The molecule has 2 aliphatic heterocycles. The largest absolute Gasteiger partial charge is 0.468 e. The predicted octanol–water partition coefficient (Wildman–Crippen LogP) is 2.30. The quantitative estimate of drug-likeness (QED) is 0.781. The molecular weight excluding hydrogens is 336 g/mol. The summed E-state index contributed by atoms with van der Waals surface area (Å²) in [6.07, 6.45) is 1.90. The second-order valence-electron chi connectivity index (χ2n) is 6.24. The molecule has 2 heterocycles. The van der Waals surface area contributed by atoms with Gasteiger partial charge >= 0.3 is 6.09 Å². The molecule has 0 radical (unpaired) electrons. The van der Waals surface area contributed by atoms with E-state index in [2.05, 4.69) is 22.2 Å². The van der Waals surface area contributed by atoms with E-state index in [0.717, 1.165) is 18.8 Å². The molecule has 7 heteroatoms. The van der Waals surface area contributed by atoms with Crippen LogP contribution in [0.4, 0.5) is 10.5 Å². The standard InChI is InChI=1S/C16H22N2O3.C3H6O2/c1-20-11-15-10-18(16(19)21-15)14-4-2-12(3-5-14)13-6-8-17-9-7-13;1-2-5-3-4/h2-5,13,15,17H,6-11H2,1H3;3H,2H2,1H3. The Morgan fingerprint density at radius 3 is 2.50 bits per heavy atom. The minimum Gasteiger partial charge on any atom is -0.468 e. The van der Waals surface area contributed by atoms with Crippen molar-refractivity contribution in [2.45, 2.75) is 31.8 Å². The second kappa shape index (κ2) is 10.8. The molecule has 144 valence electrons. The summed E-state index contributed by atoms with van der Waals surface area (Å²) in [6, 6.07) is 8.33. The summed E-state index contributed by atoms with van der Waals surface area (Å²) in [5, 5.41) is 3.38. The first-order chi connectivity index (χ1) is 12.7. The Hall–Kier alpha value is -2.12. The first-order valence-corrected chi connectivity index (χ1v) is 9.02. The van der Waals surface area contributed by atoms with Gasteiger partial charge in [-0.3, -0.25) is 9.69 Å². The van der Waals surface area contributed by atoms with Gasteiger partial charge < -0.3 is 19.5 Å². The molecule has 1 N–H and O–H groups in total. The lowest BCUT2D eigenvalue weighted by Gasteiger charge is -2.23. The normalized spacial score (nSPS) is 20.2. The van der Waals surface area contributed by atoms with Crippen LogP contribution in [0, 0.1) is 0 Å². The van der Waals surface area contributed by atoms with Crippen molar-refractivity contribution in [2.75, 3.05) is 44.9 Å². The molecule has 1 aromatic carbocycles. The summed E-state index contributed by atoms with van der Waals surface area (Å²) in [5.74, 6) is 0.632. The molecule has 1 amide bonds. The summed E-state index contributed by atoms with van der Waals surface area (Å²) in [6.45, 7) is 5.83. The van der Waals surface area contributed by atoms with Gasteiger partial charge in [-0.05, 0) is 56.5 Å². The van der Waals surface area contributed by atoms with Gasteiger partial charge in [0.1, 0.15) is 6.10 Å². The van der Waals surface area contributed by atoms with Gasteiger partial charge in [0.2, 0.25) is 0 Å². The Labute approximate surface area is 154 Å². The third-order valence-electron chi connectivity index (χ3n) is 4.48. The first-order valence-electron chi connectivity index (χ1n) is 9.02. The van der Waals surface area contributed by atoms with E-state index in [1.165, 1.54) is 18.4 Å². The van der Waals surface area contributed by atoms with Gasteiger partial charge in [-0.2, -0.15) is 0 Å². The van der Waals surface area contributed by atoms with E-state index in [0.29, 0.717) is 32.1 Å². The zero-order chi connectivity index (χ0) is 18.8. The number of benzene rings is 1. The maximum atomic E-state index is 11.9. The number of piperidine rings is 1. The van der Waals surface area contributed by atoms with E-state index in [9.17, 15) is 9.59 Å². The van der Waals surface area contributed by atoms with Crippen molar-refractivity contribution < 1.29 is 23.8 Å². The van der Waals surface area contributed by atoms with Crippen LogP contribution in [-0.4, -0.2) is 58.6 Å². The van der Waals surface area contributed by atoms with Crippen molar-refractivity contribution in [3.05, 3.63) is 29.8 Å². The number of hydrogen-bond donors (Lipinski definition) is 1. The third-order valence-corrected chi connectivity index (χ3v) is 4.48. The maximum absolute atomic E-state index is 11.9. The molecule has 26 heavy (non-hydrogen) atoms. The van der Waals surface area contributed by atoms with Gasteiger partial charge in [-0.1, -0.05) is 12.1 Å². The highest BCUT2D eigenvalue weighted by atomic mass is 16.6. The minimum atomic E-state index is -0.285. The Morgan fingerprint density at radius 2 is 1.96 bits per heavy atom. The van der Waals surface area contributed by atoms with Crippen molar-refractivity contribution >= 4 is 18.3 Å². The molecule has 1 atom stereocenters. The van der Waals surface area contributed by atoms with Gasteiger partial charge in [-0.15, -0.1) is 0 Å². The number of cyclic esters (lactones) is 1. The topological polar surface area (TPSA) is 77.1 Å². The number of hydrogen-bond acceptors (Lipinski definition) is 6. The zero-order valence-electron chi connectivity index (χ0n) is 15.5. The fourth-order valence-electron chi connectivity index (χ4n) is 3.15. The van der Waals surface area contributed by atoms with Gasteiger partial charge in [-0.25, -0.2) is 4.79 Å². The number of carbonyl (C=O) groups excluding carboxylic acids is 2. The first kappa shape index (κ1) is 20.2. The number of methoxy groups -OCH3 is 1. The predicted molar refractivity (Wildman–Crippen MR) is 98.5 cm³/mol. The van der Waals surface area contributed by atoms with Crippen molar-refractivity contribution in [2.24, 2.45) is 0 Å². The van der Waals surface area contributed by atoms with Gasteiger partial charge in [0.05, 0.1) is 19.8 Å². The lowest BCUT2D eigenvalue weighted by atomic mass is 9.90. The molecular formula is C19H28N2O5. The number of nitrogens with zero attached hydrogens (tertiary/aromatic N) is 1. The number of carbonyl (C=O) groups is 2. The van der Waals surface area contributed by atoms with Crippen LogP contribution < -0.4 is 10.2 Å². The fraction of sp³-hybridized carbons (Fsp3) is 0.579. The molecule has 0 spiro atoms. The monoisotopic (exact) mass is 364 g/mol. The lowest BCUT2D eigenvalue weighted by Crippen LogP contribution is -2.27. The van der Waals surface area contributed by atoms with Crippen molar-refractivity contribution in [1.29, 1.82) is 0 Å². The molecule has 3 rings (SSSR count). The summed E-state index contributed by atoms with van der Waals surface area (Å²) < 4.78 is 14.5. The average molecular weight is 364 g/mol. The van der Waals surface area contributed by atoms with Crippen LogP contribution in [-0.2, 0) is 19.0 Å².